The number of rotatable bonds is 17. The van der Waals surface area contributed by atoms with Crippen LogP contribution in [0.2, 0.25) is 0 Å². The van der Waals surface area contributed by atoms with E-state index in [4.69, 9.17) is 25.9 Å². The zero-order valence-electron chi connectivity index (χ0n) is 24.3. The Morgan fingerprint density at radius 2 is 1.44 bits per heavy atom. The van der Waals surface area contributed by atoms with Crippen molar-refractivity contribution in [2.45, 2.75) is 77.2 Å². The molecule has 0 aromatic rings. The van der Waals surface area contributed by atoms with Gasteiger partial charge in [-0.2, -0.15) is 0 Å². The third-order valence-corrected chi connectivity index (χ3v) is 3.27. The van der Waals surface area contributed by atoms with Gasteiger partial charge in [0, 0.05) is 6.42 Å². The molecule has 4 nitrogen and oxygen atoms in total. The van der Waals surface area contributed by atoms with Gasteiger partial charge in [-0.3, -0.25) is 4.79 Å². The van der Waals surface area contributed by atoms with Crippen LogP contribution < -0.4 is 0 Å². The molecule has 0 aromatic carbocycles. The van der Waals surface area contributed by atoms with Crippen molar-refractivity contribution in [3.8, 4) is 0 Å². The van der Waals surface area contributed by atoms with Gasteiger partial charge in [-0.05, 0) is 44.9 Å². The van der Waals surface area contributed by atoms with E-state index in [9.17, 15) is 4.79 Å². The van der Waals surface area contributed by atoms with Gasteiger partial charge in [0.2, 0.25) is 0 Å². The molecule has 0 bridgehead atoms. The molecule has 0 aliphatic rings. The van der Waals surface area contributed by atoms with Crippen molar-refractivity contribution in [2.75, 3.05) is 13.2 Å². The number of hydrogen-bond donors (Lipinski definition) is 2. The molecule has 0 radical (unpaired) electrons. The van der Waals surface area contributed by atoms with Crippen molar-refractivity contribution in [1.29, 1.82) is 0 Å². The van der Waals surface area contributed by atoms with E-state index in [0.29, 0.717) is 6.42 Å². The third-order valence-electron chi connectivity index (χ3n) is 3.27. The number of hydrogen-bond acceptors (Lipinski definition) is 4. The Morgan fingerprint density at radius 1 is 0.926 bits per heavy atom. The molecule has 0 aromatic heterocycles. The average Bonchev–Trinajstić information content (AvgIpc) is 2.81. The number of aliphatic hydroxyl groups excluding tert-OH is 2. The van der Waals surface area contributed by atoms with Crippen LogP contribution in [0.5, 0.6) is 0 Å². The van der Waals surface area contributed by atoms with Crippen LogP contribution in [0.1, 0.15) is 82.1 Å². The molecule has 154 valence electrons. The van der Waals surface area contributed by atoms with Crippen LogP contribution in [0.3, 0.4) is 0 Å². The van der Waals surface area contributed by atoms with Crippen LogP contribution >= 0.6 is 0 Å². The molecule has 1 unspecified atom stereocenters. The predicted molar refractivity (Wildman–Crippen MR) is 112 cm³/mol. The Labute approximate surface area is 176 Å². The SMILES string of the molecule is [2H]/C(CCCCC)=C(\[2H])C/C([2H])=C(/[2H])C/C([2H])=C(/[2H])C/C([2H])=C(/[2H])CCCC(=O)OCC(O)CO. The summed E-state index contributed by atoms with van der Waals surface area (Å²) in [6.07, 6.45) is 1.57. The molecule has 0 spiro atoms. The van der Waals surface area contributed by atoms with Gasteiger partial charge < -0.3 is 14.9 Å². The largest absolute Gasteiger partial charge is 0.463 e. The molecule has 0 amide bonds. The molecular formula is C23H38O4. The molecule has 4 heteroatoms. The van der Waals surface area contributed by atoms with Crippen molar-refractivity contribution < 1.29 is 30.7 Å². The second-order valence-corrected chi connectivity index (χ2v) is 5.77. The molecule has 2 N–H and O–H groups in total. The normalized spacial score (nSPS) is 20.6. The fraction of sp³-hybridized carbons (Fsp3) is 0.609. The Hall–Kier alpha value is -1.65. The highest BCUT2D eigenvalue weighted by molar-refractivity contribution is 5.69. The molecule has 0 fully saturated rings. The molecule has 0 heterocycles. The highest BCUT2D eigenvalue weighted by Crippen LogP contribution is 2.02. The minimum atomic E-state index is -1.15. The van der Waals surface area contributed by atoms with Crippen LogP contribution in [0.4, 0.5) is 0 Å². The number of esters is 1. The van der Waals surface area contributed by atoms with Gasteiger partial charge in [-0.1, -0.05) is 68.2 Å². The topological polar surface area (TPSA) is 66.8 Å². The lowest BCUT2D eigenvalue weighted by Crippen LogP contribution is -2.21. The standard InChI is InChI=1S/C23H38O4/c1-2-3-4-5-6-7-8-9-10-11-12-13-14-15-16-17-18-19-23(26)27-21-22(25)20-24/h6-7,9-10,12-13,15-16,22,24-25H,2-5,8,11,14,17-21H2,1H3/b7-6-,10-9-,13-12-,16-15-/i6D,7D,9D,10D,12D,13D,15D,16D. The fourth-order valence-electron chi connectivity index (χ4n) is 1.78. The lowest BCUT2D eigenvalue weighted by Gasteiger charge is -2.07. The van der Waals surface area contributed by atoms with E-state index in [1.54, 1.807) is 0 Å². The monoisotopic (exact) mass is 386 g/mol. The van der Waals surface area contributed by atoms with Crippen LogP contribution in [0.25, 0.3) is 0 Å². The van der Waals surface area contributed by atoms with Crippen LogP contribution in [0.15, 0.2) is 48.4 Å². The van der Waals surface area contributed by atoms with Gasteiger partial charge in [0.15, 0.2) is 0 Å². The van der Waals surface area contributed by atoms with Crippen molar-refractivity contribution in [1.82, 2.24) is 0 Å². The van der Waals surface area contributed by atoms with Gasteiger partial charge in [0.05, 0.1) is 17.6 Å². The first-order valence-corrected chi connectivity index (χ1v) is 9.48. The molecule has 0 aliphatic carbocycles. The van der Waals surface area contributed by atoms with Crippen molar-refractivity contribution in [2.24, 2.45) is 0 Å². The smallest absolute Gasteiger partial charge is 0.305 e. The van der Waals surface area contributed by atoms with E-state index in [-0.39, 0.29) is 93.5 Å². The number of unbranched alkanes of at least 4 members (excludes halogenated alkanes) is 2. The summed E-state index contributed by atoms with van der Waals surface area (Å²) in [4.78, 5) is 11.5. The summed E-state index contributed by atoms with van der Waals surface area (Å²) in [7, 11) is 0. The van der Waals surface area contributed by atoms with E-state index in [0.717, 1.165) is 19.3 Å². The molecule has 27 heavy (non-hydrogen) atoms. The summed E-state index contributed by atoms with van der Waals surface area (Å²) >= 11 is 0. The Balaban J connectivity index is 4.87. The van der Waals surface area contributed by atoms with Crippen molar-refractivity contribution >= 4 is 5.97 Å². The van der Waals surface area contributed by atoms with E-state index in [1.165, 1.54) is 0 Å². The second kappa shape index (κ2) is 20.7. The van der Waals surface area contributed by atoms with Gasteiger partial charge in [-0.15, -0.1) is 0 Å². The maximum atomic E-state index is 11.5. The minimum absolute atomic E-state index is 0.0267. The molecule has 0 rings (SSSR count). The van der Waals surface area contributed by atoms with Gasteiger partial charge in [-0.25, -0.2) is 0 Å². The molecule has 0 saturated heterocycles. The first-order valence-electron chi connectivity index (χ1n) is 13.5. The zero-order valence-corrected chi connectivity index (χ0v) is 16.3. The molecular weight excluding hydrogens is 340 g/mol. The lowest BCUT2D eigenvalue weighted by atomic mass is 10.2. The van der Waals surface area contributed by atoms with Gasteiger partial charge in [0.1, 0.15) is 12.7 Å². The quantitative estimate of drug-likeness (QED) is 0.209. The van der Waals surface area contributed by atoms with E-state index < -0.39 is 18.7 Å². The summed E-state index contributed by atoms with van der Waals surface area (Å²) in [6.45, 7) is 1.19. The zero-order chi connectivity index (χ0) is 27.0. The minimum Gasteiger partial charge on any atom is -0.463 e. The lowest BCUT2D eigenvalue weighted by molar-refractivity contribution is -0.147. The van der Waals surface area contributed by atoms with Crippen LogP contribution in [0, 0.1) is 0 Å². The number of carbonyl (C=O) groups is 1. The predicted octanol–water partition coefficient (Wildman–Crippen LogP) is 5.03. The molecule has 0 aliphatic heterocycles. The van der Waals surface area contributed by atoms with Crippen LogP contribution in [-0.2, 0) is 9.53 Å². The number of ether oxygens (including phenoxy) is 1. The van der Waals surface area contributed by atoms with Crippen molar-refractivity contribution in [3.63, 3.8) is 0 Å². The highest BCUT2D eigenvalue weighted by atomic mass is 16.5. The Morgan fingerprint density at radius 3 is 1.96 bits per heavy atom. The van der Waals surface area contributed by atoms with Gasteiger partial charge in [0.25, 0.3) is 0 Å². The average molecular weight is 387 g/mol. The van der Waals surface area contributed by atoms with E-state index >= 15 is 0 Å². The van der Waals surface area contributed by atoms with E-state index in [1.807, 2.05) is 6.92 Å². The summed E-state index contributed by atoms with van der Waals surface area (Å²) in [5, 5.41) is 17.8. The third kappa shape index (κ3) is 20.5. The molecule has 0 saturated carbocycles. The highest BCUT2D eigenvalue weighted by Gasteiger charge is 2.06. The van der Waals surface area contributed by atoms with Gasteiger partial charge >= 0.3 is 5.97 Å². The van der Waals surface area contributed by atoms with Crippen LogP contribution in [-0.4, -0.2) is 35.5 Å². The summed E-state index contributed by atoms with van der Waals surface area (Å²) in [5.74, 6) is -0.600. The number of aliphatic hydroxyl groups is 2. The molecule has 1 atom stereocenters. The maximum absolute atomic E-state index is 11.5. The number of carbonyl (C=O) groups excluding carboxylic acids is 1. The first kappa shape index (κ1) is 14.4. The van der Waals surface area contributed by atoms with Crippen molar-refractivity contribution in [3.05, 3.63) is 48.4 Å². The Bertz CT molecular complexity index is 805. The summed E-state index contributed by atoms with van der Waals surface area (Å²) < 4.78 is 68.4. The Kier molecular flexibility index (Phi) is 11.0. The number of allylic oxidation sites excluding steroid dienone is 8. The summed E-state index contributed by atoms with van der Waals surface area (Å²) in [6, 6.07) is -1.09. The summed E-state index contributed by atoms with van der Waals surface area (Å²) in [5.41, 5.74) is 0. The van der Waals surface area contributed by atoms with E-state index in [2.05, 4.69) is 0 Å². The maximum Gasteiger partial charge on any atom is 0.305 e. The second-order valence-electron chi connectivity index (χ2n) is 5.77. The first-order chi connectivity index (χ1) is 16.4. The fourth-order valence-corrected chi connectivity index (χ4v) is 1.78.